The van der Waals surface area contributed by atoms with Crippen molar-refractivity contribution in [1.82, 2.24) is 4.57 Å². The van der Waals surface area contributed by atoms with Crippen LogP contribution >= 0.6 is 0 Å². The molecule has 0 N–H and O–H groups in total. The van der Waals surface area contributed by atoms with Crippen LogP contribution in [0.1, 0.15) is 90.9 Å². The van der Waals surface area contributed by atoms with Gasteiger partial charge in [-0.2, -0.15) is 0 Å². The van der Waals surface area contributed by atoms with E-state index in [0.29, 0.717) is 0 Å². The van der Waals surface area contributed by atoms with Gasteiger partial charge in [-0.25, -0.2) is 0 Å². The number of unbranched alkanes of at least 4 members (excludes halogenated alkanes) is 10. The molecule has 0 radical (unpaired) electrons. The van der Waals surface area contributed by atoms with Crippen molar-refractivity contribution in [3.63, 3.8) is 0 Å². The van der Waals surface area contributed by atoms with Gasteiger partial charge in [0.2, 0.25) is 0 Å². The molecule has 0 rings (SSSR count). The lowest BCUT2D eigenvalue weighted by atomic mass is 10.1. The molecular weight excluding hydrogens is 270 g/mol. The minimum Gasteiger partial charge on any atom is -0.323 e. The Morgan fingerprint density at radius 2 is 1.10 bits per heavy atom. The third-order valence-corrected chi connectivity index (χ3v) is 6.87. The predicted octanol–water partition coefficient (Wildman–Crippen LogP) is 6.09. The van der Waals surface area contributed by atoms with Crippen LogP contribution in [0, 0.1) is 0 Å². The Balaban J connectivity index is 3.70. The van der Waals surface area contributed by atoms with Crippen LogP contribution in [0.5, 0.6) is 0 Å². The van der Waals surface area contributed by atoms with Crippen molar-refractivity contribution in [2.24, 2.45) is 0 Å². The second-order valence-electron chi connectivity index (χ2n) is 6.55. The zero-order valence-electron chi connectivity index (χ0n) is 15.2. The molecule has 21 heavy (non-hydrogen) atoms. The fourth-order valence-corrected chi connectivity index (χ4v) is 4.34. The van der Waals surface area contributed by atoms with E-state index in [2.05, 4.69) is 37.2 Å². The Hall–Kier alpha value is -0.0831. The average Bonchev–Trinajstić information content (AvgIpc) is 2.51. The topological polar surface area (TPSA) is 3.24 Å². The lowest BCUT2D eigenvalue weighted by Crippen LogP contribution is -2.37. The van der Waals surface area contributed by atoms with Gasteiger partial charge in [-0.3, -0.25) is 0 Å². The molecular formula is C19H41NSi. The minimum absolute atomic E-state index is 0.829. The van der Waals surface area contributed by atoms with Gasteiger partial charge in [0.25, 0.3) is 0 Å². The van der Waals surface area contributed by atoms with Crippen molar-refractivity contribution >= 4 is 8.96 Å². The first-order chi connectivity index (χ1) is 10.3. The molecule has 126 valence electrons. The predicted molar refractivity (Wildman–Crippen MR) is 102 cm³/mol. The lowest BCUT2D eigenvalue weighted by molar-refractivity contribution is 0.399. The molecule has 2 heteroatoms. The van der Waals surface area contributed by atoms with Gasteiger partial charge in [-0.1, -0.05) is 90.3 Å². The smallest absolute Gasteiger partial charge is 0.132 e. The van der Waals surface area contributed by atoms with Gasteiger partial charge in [0, 0.05) is 0 Å². The largest absolute Gasteiger partial charge is 0.323 e. The van der Waals surface area contributed by atoms with Gasteiger partial charge in [-0.15, -0.1) is 6.58 Å². The molecule has 0 aromatic heterocycles. The zero-order chi connectivity index (χ0) is 15.8. The summed E-state index contributed by atoms with van der Waals surface area (Å²) in [4.78, 5) is 0. The summed E-state index contributed by atoms with van der Waals surface area (Å²) in [6, 6.07) is 0. The average molecular weight is 312 g/mol. The highest BCUT2D eigenvalue weighted by Crippen LogP contribution is 2.10. The van der Waals surface area contributed by atoms with Gasteiger partial charge in [-0.05, 0) is 25.9 Å². The maximum absolute atomic E-state index is 4.04. The molecule has 0 spiro atoms. The highest BCUT2D eigenvalue weighted by molar-refractivity contribution is 6.59. The highest BCUT2D eigenvalue weighted by Gasteiger charge is 2.11. The zero-order valence-corrected chi connectivity index (χ0v) is 16.4. The van der Waals surface area contributed by atoms with E-state index in [0.717, 1.165) is 0 Å². The van der Waals surface area contributed by atoms with Crippen LogP contribution in [-0.4, -0.2) is 26.6 Å². The molecule has 0 aliphatic carbocycles. The van der Waals surface area contributed by atoms with Gasteiger partial charge in [0.1, 0.15) is 8.96 Å². The van der Waals surface area contributed by atoms with Crippen molar-refractivity contribution in [3.8, 4) is 0 Å². The SMILES string of the molecule is C=C[SiH](C)N(CCCCCCCC)CCCCCCCC. The van der Waals surface area contributed by atoms with Crippen molar-refractivity contribution in [2.75, 3.05) is 13.1 Å². The van der Waals surface area contributed by atoms with Crippen molar-refractivity contribution in [3.05, 3.63) is 12.3 Å². The quantitative estimate of drug-likeness (QED) is 0.246. The summed E-state index contributed by atoms with van der Waals surface area (Å²) in [7, 11) is -0.829. The van der Waals surface area contributed by atoms with E-state index in [9.17, 15) is 0 Å². The molecule has 0 aromatic carbocycles. The van der Waals surface area contributed by atoms with Crippen LogP contribution in [0.25, 0.3) is 0 Å². The van der Waals surface area contributed by atoms with Crippen LogP contribution in [0.15, 0.2) is 12.3 Å². The van der Waals surface area contributed by atoms with E-state index < -0.39 is 8.96 Å². The maximum Gasteiger partial charge on any atom is 0.132 e. The minimum atomic E-state index is -0.829. The Morgan fingerprint density at radius 1 is 0.714 bits per heavy atom. The Bertz CT molecular complexity index is 202. The van der Waals surface area contributed by atoms with Crippen molar-refractivity contribution in [1.29, 1.82) is 0 Å². The first-order valence-electron chi connectivity index (χ1n) is 9.62. The monoisotopic (exact) mass is 311 g/mol. The number of nitrogens with zero attached hydrogens (tertiary/aromatic N) is 1. The van der Waals surface area contributed by atoms with Gasteiger partial charge < -0.3 is 4.57 Å². The molecule has 1 nitrogen and oxygen atoms in total. The van der Waals surface area contributed by atoms with Crippen LogP contribution in [0.3, 0.4) is 0 Å². The first kappa shape index (κ1) is 20.9. The van der Waals surface area contributed by atoms with Crippen LogP contribution in [-0.2, 0) is 0 Å². The van der Waals surface area contributed by atoms with Crippen LogP contribution in [0.4, 0.5) is 0 Å². The van der Waals surface area contributed by atoms with E-state index in [-0.39, 0.29) is 0 Å². The normalized spacial score (nSPS) is 12.8. The molecule has 1 atom stereocenters. The van der Waals surface area contributed by atoms with Gasteiger partial charge >= 0.3 is 0 Å². The van der Waals surface area contributed by atoms with Gasteiger partial charge in [0.15, 0.2) is 0 Å². The van der Waals surface area contributed by atoms with Crippen molar-refractivity contribution < 1.29 is 0 Å². The molecule has 0 aliphatic rings. The van der Waals surface area contributed by atoms with E-state index in [1.165, 1.54) is 90.1 Å². The summed E-state index contributed by atoms with van der Waals surface area (Å²) in [6.45, 7) is 13.7. The summed E-state index contributed by atoms with van der Waals surface area (Å²) in [6.07, 6.45) is 16.9. The van der Waals surface area contributed by atoms with E-state index in [1.54, 1.807) is 0 Å². The molecule has 0 bridgehead atoms. The lowest BCUT2D eigenvalue weighted by Gasteiger charge is -2.26. The molecule has 0 aromatic rings. The fraction of sp³-hybridized carbons (Fsp3) is 0.895. The second kappa shape index (κ2) is 16.3. The van der Waals surface area contributed by atoms with E-state index >= 15 is 0 Å². The first-order valence-corrected chi connectivity index (χ1v) is 12.0. The standard InChI is InChI=1S/C19H41NSi/c1-5-8-10-12-14-16-18-20(21(4)7-3)19-17-15-13-11-9-6-2/h7,21H,3,5-6,8-19H2,1-2,4H3. The Labute approximate surface area is 136 Å². The Kier molecular flexibility index (Phi) is 16.2. The van der Waals surface area contributed by atoms with Crippen LogP contribution < -0.4 is 0 Å². The summed E-state index contributed by atoms with van der Waals surface area (Å²) in [5, 5.41) is 0. The third kappa shape index (κ3) is 13.3. The summed E-state index contributed by atoms with van der Waals surface area (Å²) < 4.78 is 2.77. The third-order valence-electron chi connectivity index (χ3n) is 4.51. The number of hydrogen-bond donors (Lipinski definition) is 0. The fourth-order valence-electron chi connectivity index (χ4n) is 2.86. The molecule has 0 aliphatic heterocycles. The van der Waals surface area contributed by atoms with E-state index in [4.69, 9.17) is 0 Å². The Morgan fingerprint density at radius 3 is 1.48 bits per heavy atom. The van der Waals surface area contributed by atoms with Crippen LogP contribution in [0.2, 0.25) is 6.55 Å². The molecule has 0 amide bonds. The number of hydrogen-bond acceptors (Lipinski definition) is 1. The van der Waals surface area contributed by atoms with Gasteiger partial charge in [0.05, 0.1) is 0 Å². The number of rotatable bonds is 16. The maximum atomic E-state index is 4.04. The molecule has 0 heterocycles. The summed E-state index contributed by atoms with van der Waals surface area (Å²) in [5.41, 5.74) is 2.24. The summed E-state index contributed by atoms with van der Waals surface area (Å²) in [5.74, 6) is 0. The summed E-state index contributed by atoms with van der Waals surface area (Å²) >= 11 is 0. The second-order valence-corrected chi connectivity index (χ2v) is 9.23. The molecule has 0 saturated carbocycles. The van der Waals surface area contributed by atoms with Crippen molar-refractivity contribution in [2.45, 2.75) is 97.4 Å². The highest BCUT2D eigenvalue weighted by atomic mass is 28.3. The van der Waals surface area contributed by atoms with E-state index in [1.807, 2.05) is 0 Å². The molecule has 0 fully saturated rings. The molecule has 0 saturated heterocycles. The molecule has 1 unspecified atom stereocenters.